The molecule has 1 unspecified atom stereocenters. The molecule has 1 aliphatic rings. The van der Waals surface area contributed by atoms with Crippen molar-refractivity contribution >= 4 is 11.9 Å². The van der Waals surface area contributed by atoms with Crippen LogP contribution >= 0.6 is 0 Å². The number of rotatable bonds is 5. The predicted octanol–water partition coefficient (Wildman–Crippen LogP) is 3.90. The molecule has 0 bridgehead atoms. The minimum absolute atomic E-state index is 0.0642. The third kappa shape index (κ3) is 4.49. The lowest BCUT2D eigenvalue weighted by Crippen LogP contribution is -2.40. The number of anilines is 1. The van der Waals surface area contributed by atoms with Crippen molar-refractivity contribution in [2.45, 2.75) is 39.0 Å². The largest absolute Gasteiger partial charge is 0.361 e. The van der Waals surface area contributed by atoms with Crippen molar-refractivity contribution in [1.82, 2.24) is 20.0 Å². The van der Waals surface area contributed by atoms with E-state index >= 15 is 0 Å². The van der Waals surface area contributed by atoms with E-state index in [2.05, 4.69) is 10.1 Å². The molecular weight excluding hydrogens is 409 g/mol. The summed E-state index contributed by atoms with van der Waals surface area (Å²) in [7, 11) is 3.80. The monoisotopic (exact) mass is 437 g/mol. The van der Waals surface area contributed by atoms with Gasteiger partial charge in [0.1, 0.15) is 11.6 Å². The number of hydrogen-bond donors (Lipinski definition) is 0. The van der Waals surface area contributed by atoms with Crippen molar-refractivity contribution in [2.24, 2.45) is 0 Å². The Morgan fingerprint density at radius 3 is 2.66 bits per heavy atom. The molecule has 2 aromatic heterocycles. The van der Waals surface area contributed by atoms with E-state index in [1.165, 1.54) is 12.1 Å². The Hall–Kier alpha value is -3.29. The van der Waals surface area contributed by atoms with E-state index in [1.807, 2.05) is 37.7 Å². The topological polar surface area (TPSA) is 75.4 Å². The Labute approximate surface area is 187 Å². The fourth-order valence-electron chi connectivity index (χ4n) is 4.21. The van der Waals surface area contributed by atoms with Gasteiger partial charge in [-0.15, -0.1) is 0 Å². The molecule has 1 aromatic carbocycles. The lowest BCUT2D eigenvalue weighted by atomic mass is 9.89. The number of carbonyl (C=O) groups excluding carboxylic acids is 1. The average molecular weight is 438 g/mol. The van der Waals surface area contributed by atoms with E-state index in [9.17, 15) is 9.18 Å². The first-order valence-corrected chi connectivity index (χ1v) is 10.8. The second-order valence-electron chi connectivity index (χ2n) is 8.53. The van der Waals surface area contributed by atoms with Crippen LogP contribution in [0, 0.1) is 19.7 Å². The SMILES string of the molecule is Cc1noc(C)c1CC(=O)N1CCCC(c2nc(N(C)C)ncc2-c2ccc(F)cc2)C1. The van der Waals surface area contributed by atoms with Crippen LogP contribution in [0.4, 0.5) is 10.3 Å². The zero-order valence-electron chi connectivity index (χ0n) is 18.9. The molecule has 1 fully saturated rings. The summed E-state index contributed by atoms with van der Waals surface area (Å²) in [5, 5.41) is 3.96. The minimum atomic E-state index is -0.283. The van der Waals surface area contributed by atoms with Gasteiger partial charge in [-0.2, -0.15) is 0 Å². The normalized spacial score (nSPS) is 16.3. The van der Waals surface area contributed by atoms with Gasteiger partial charge in [-0.1, -0.05) is 17.3 Å². The number of benzene rings is 1. The third-order valence-electron chi connectivity index (χ3n) is 6.03. The summed E-state index contributed by atoms with van der Waals surface area (Å²) in [4.78, 5) is 26.2. The van der Waals surface area contributed by atoms with Crippen molar-refractivity contribution in [3.63, 3.8) is 0 Å². The second kappa shape index (κ2) is 9.06. The molecule has 3 heterocycles. The van der Waals surface area contributed by atoms with Gasteiger partial charge in [0, 0.05) is 50.4 Å². The van der Waals surface area contributed by atoms with E-state index in [0.29, 0.717) is 18.3 Å². The quantitative estimate of drug-likeness (QED) is 0.603. The maximum atomic E-state index is 13.5. The van der Waals surface area contributed by atoms with Gasteiger partial charge < -0.3 is 14.3 Å². The zero-order valence-corrected chi connectivity index (χ0v) is 18.9. The smallest absolute Gasteiger partial charge is 0.227 e. The Kier molecular flexibility index (Phi) is 6.21. The molecule has 3 aromatic rings. The van der Waals surface area contributed by atoms with Crippen LogP contribution in [0.5, 0.6) is 0 Å². The van der Waals surface area contributed by atoms with Crippen LogP contribution in [0.2, 0.25) is 0 Å². The third-order valence-corrected chi connectivity index (χ3v) is 6.03. The number of piperidine rings is 1. The number of hydrogen-bond acceptors (Lipinski definition) is 6. The number of aryl methyl sites for hydroxylation is 2. The summed E-state index contributed by atoms with van der Waals surface area (Å²) in [6.45, 7) is 4.99. The maximum Gasteiger partial charge on any atom is 0.227 e. The van der Waals surface area contributed by atoms with Crippen molar-refractivity contribution in [1.29, 1.82) is 0 Å². The molecule has 8 heteroatoms. The van der Waals surface area contributed by atoms with Crippen LogP contribution in [-0.2, 0) is 11.2 Å². The summed E-state index contributed by atoms with van der Waals surface area (Å²) >= 11 is 0. The van der Waals surface area contributed by atoms with Crippen LogP contribution in [-0.4, -0.2) is 53.1 Å². The molecule has 1 atom stereocenters. The highest BCUT2D eigenvalue weighted by atomic mass is 19.1. The second-order valence-corrected chi connectivity index (χ2v) is 8.53. The molecule has 0 saturated carbocycles. The van der Waals surface area contributed by atoms with E-state index < -0.39 is 0 Å². The molecule has 7 nitrogen and oxygen atoms in total. The number of carbonyl (C=O) groups is 1. The van der Waals surface area contributed by atoms with Gasteiger partial charge in [-0.25, -0.2) is 14.4 Å². The van der Waals surface area contributed by atoms with Crippen LogP contribution in [0.3, 0.4) is 0 Å². The fourth-order valence-corrected chi connectivity index (χ4v) is 4.21. The van der Waals surface area contributed by atoms with Gasteiger partial charge in [0.2, 0.25) is 11.9 Å². The molecule has 0 spiro atoms. The van der Waals surface area contributed by atoms with Crippen molar-refractivity contribution in [3.05, 3.63) is 59.0 Å². The van der Waals surface area contributed by atoms with E-state index in [4.69, 9.17) is 9.51 Å². The highest BCUT2D eigenvalue weighted by Gasteiger charge is 2.29. The van der Waals surface area contributed by atoms with Gasteiger partial charge in [0.15, 0.2) is 0 Å². The fraction of sp³-hybridized carbons (Fsp3) is 0.417. The number of likely N-dealkylation sites (tertiary alicyclic amines) is 1. The van der Waals surface area contributed by atoms with Crippen LogP contribution in [0.25, 0.3) is 11.1 Å². The van der Waals surface area contributed by atoms with Gasteiger partial charge in [0.05, 0.1) is 17.8 Å². The van der Waals surface area contributed by atoms with E-state index in [-0.39, 0.29) is 24.1 Å². The van der Waals surface area contributed by atoms with E-state index in [0.717, 1.165) is 47.5 Å². The first kappa shape index (κ1) is 21.9. The van der Waals surface area contributed by atoms with Crippen molar-refractivity contribution in [2.75, 3.05) is 32.1 Å². The highest BCUT2D eigenvalue weighted by molar-refractivity contribution is 5.79. The average Bonchev–Trinajstić information content (AvgIpc) is 3.11. The lowest BCUT2D eigenvalue weighted by Gasteiger charge is -2.33. The highest BCUT2D eigenvalue weighted by Crippen LogP contribution is 2.34. The summed E-state index contributed by atoms with van der Waals surface area (Å²) in [5.41, 5.74) is 4.26. The minimum Gasteiger partial charge on any atom is -0.361 e. The predicted molar refractivity (Wildman–Crippen MR) is 120 cm³/mol. The van der Waals surface area contributed by atoms with Crippen molar-refractivity contribution in [3.8, 4) is 11.1 Å². The lowest BCUT2D eigenvalue weighted by molar-refractivity contribution is -0.131. The molecule has 168 valence electrons. The van der Waals surface area contributed by atoms with Gasteiger partial charge in [-0.05, 0) is 44.4 Å². The molecule has 0 N–H and O–H groups in total. The maximum absolute atomic E-state index is 13.5. The summed E-state index contributed by atoms with van der Waals surface area (Å²) in [6, 6.07) is 6.38. The van der Waals surface area contributed by atoms with Gasteiger partial charge >= 0.3 is 0 Å². The molecule has 4 rings (SSSR count). The first-order valence-electron chi connectivity index (χ1n) is 10.8. The van der Waals surface area contributed by atoms with Crippen LogP contribution in [0.1, 0.15) is 41.5 Å². The van der Waals surface area contributed by atoms with Gasteiger partial charge in [0.25, 0.3) is 0 Å². The Balaban J connectivity index is 1.62. The number of aromatic nitrogens is 3. The molecule has 1 saturated heterocycles. The van der Waals surface area contributed by atoms with Crippen LogP contribution in [0.15, 0.2) is 35.0 Å². The molecule has 1 amide bonds. The molecule has 1 aliphatic heterocycles. The Morgan fingerprint density at radius 1 is 1.25 bits per heavy atom. The summed E-state index contributed by atoms with van der Waals surface area (Å²) < 4.78 is 18.7. The number of amides is 1. The number of halogens is 1. The van der Waals surface area contributed by atoms with Crippen molar-refractivity contribution < 1.29 is 13.7 Å². The Morgan fingerprint density at radius 2 is 2.00 bits per heavy atom. The summed E-state index contributed by atoms with van der Waals surface area (Å²) in [6.07, 6.45) is 3.90. The molecule has 32 heavy (non-hydrogen) atoms. The van der Waals surface area contributed by atoms with Crippen LogP contribution < -0.4 is 4.90 Å². The number of nitrogens with zero attached hydrogens (tertiary/aromatic N) is 5. The Bertz CT molecular complexity index is 1090. The first-order chi connectivity index (χ1) is 15.3. The molecular formula is C24H28FN5O2. The van der Waals surface area contributed by atoms with E-state index in [1.54, 1.807) is 18.3 Å². The molecule has 0 aliphatic carbocycles. The molecule has 0 radical (unpaired) electrons. The standard InChI is InChI=1S/C24H28FN5O2/c1-15-20(16(2)32-28-15)12-22(31)30-11-5-6-18(14-30)23-21(13-26-24(27-23)29(3)4)17-7-9-19(25)10-8-17/h7-10,13,18H,5-6,11-12,14H2,1-4H3. The zero-order chi connectivity index (χ0) is 22.8. The summed E-state index contributed by atoms with van der Waals surface area (Å²) in [5.74, 6) is 1.16. The van der Waals surface area contributed by atoms with Gasteiger partial charge in [-0.3, -0.25) is 4.79 Å².